The molecule has 2 rings (SSSR count). The van der Waals surface area contributed by atoms with E-state index in [4.69, 9.17) is 0 Å². The third-order valence-electron chi connectivity index (χ3n) is 3.26. The smallest absolute Gasteiger partial charge is 0.241 e. The average Bonchev–Trinajstić information content (AvgIpc) is 3.18. The van der Waals surface area contributed by atoms with Crippen LogP contribution in [-0.2, 0) is 21.2 Å². The molecule has 122 valence electrons. The van der Waals surface area contributed by atoms with Gasteiger partial charge >= 0.3 is 0 Å². The normalized spacial score (nSPS) is 15.6. The average molecular weight is 324 g/mol. The fourth-order valence-electron chi connectivity index (χ4n) is 2.08. The molecule has 0 radical (unpaired) electrons. The van der Waals surface area contributed by atoms with E-state index in [9.17, 15) is 13.2 Å². The topological polar surface area (TPSA) is 75.3 Å². The second kappa shape index (κ2) is 6.38. The maximum absolute atomic E-state index is 12.2. The Morgan fingerprint density at radius 3 is 2.27 bits per heavy atom. The van der Waals surface area contributed by atoms with Gasteiger partial charge in [-0.1, -0.05) is 12.1 Å². The zero-order chi connectivity index (χ0) is 16.4. The summed E-state index contributed by atoms with van der Waals surface area (Å²) >= 11 is 0. The number of carbonyl (C=O) groups excluding carboxylic acids is 1. The molecule has 0 aromatic heterocycles. The van der Waals surface area contributed by atoms with Gasteiger partial charge in [0.25, 0.3) is 0 Å². The van der Waals surface area contributed by atoms with Crippen LogP contribution >= 0.6 is 0 Å². The van der Waals surface area contributed by atoms with Gasteiger partial charge in [-0.2, -0.15) is 0 Å². The fraction of sp³-hybridized carbons (Fsp3) is 0.562. The number of benzene rings is 1. The van der Waals surface area contributed by atoms with Crippen LogP contribution in [0.25, 0.3) is 0 Å². The van der Waals surface area contributed by atoms with Gasteiger partial charge in [0.1, 0.15) is 0 Å². The molecule has 6 heteroatoms. The molecule has 0 spiro atoms. The van der Waals surface area contributed by atoms with Crippen molar-refractivity contribution in [3.63, 3.8) is 0 Å². The van der Waals surface area contributed by atoms with E-state index >= 15 is 0 Å². The summed E-state index contributed by atoms with van der Waals surface area (Å²) in [7, 11) is -3.50. The molecule has 1 aliphatic carbocycles. The van der Waals surface area contributed by atoms with Crippen molar-refractivity contribution in [1.82, 2.24) is 10.0 Å². The van der Waals surface area contributed by atoms with Gasteiger partial charge in [-0.05, 0) is 57.7 Å². The molecule has 1 aromatic rings. The zero-order valence-electron chi connectivity index (χ0n) is 13.3. The van der Waals surface area contributed by atoms with Crippen molar-refractivity contribution in [3.05, 3.63) is 29.8 Å². The van der Waals surface area contributed by atoms with Crippen LogP contribution < -0.4 is 10.0 Å². The Hall–Kier alpha value is -1.40. The van der Waals surface area contributed by atoms with Crippen LogP contribution in [-0.4, -0.2) is 25.9 Å². The highest BCUT2D eigenvalue weighted by molar-refractivity contribution is 7.89. The first-order chi connectivity index (χ1) is 10.2. The predicted octanol–water partition coefficient (Wildman–Crippen LogP) is 1.97. The highest BCUT2D eigenvalue weighted by Crippen LogP contribution is 2.19. The van der Waals surface area contributed by atoms with Gasteiger partial charge in [-0.25, -0.2) is 13.1 Å². The number of sulfonamides is 1. The largest absolute Gasteiger partial charge is 0.353 e. The molecule has 0 heterocycles. The molecule has 1 amide bonds. The molecule has 2 N–H and O–H groups in total. The van der Waals surface area contributed by atoms with Crippen molar-refractivity contribution < 1.29 is 13.2 Å². The minimum absolute atomic E-state index is 0.0635. The van der Waals surface area contributed by atoms with Crippen LogP contribution in [0.15, 0.2) is 29.2 Å². The molecule has 1 aromatic carbocycles. The van der Waals surface area contributed by atoms with Crippen LogP contribution in [0.4, 0.5) is 0 Å². The number of aryl methyl sites for hydroxylation is 1. The summed E-state index contributed by atoms with van der Waals surface area (Å²) in [5.74, 6) is 0.0635. The lowest BCUT2D eigenvalue weighted by Gasteiger charge is -2.20. The lowest BCUT2D eigenvalue weighted by atomic mass is 10.1. The van der Waals surface area contributed by atoms with E-state index in [1.807, 2.05) is 0 Å². The van der Waals surface area contributed by atoms with Crippen molar-refractivity contribution in [3.8, 4) is 0 Å². The van der Waals surface area contributed by atoms with Crippen molar-refractivity contribution in [2.45, 2.75) is 62.9 Å². The first kappa shape index (κ1) is 17.0. The van der Waals surface area contributed by atoms with E-state index in [-0.39, 0.29) is 10.8 Å². The molecule has 0 aliphatic heterocycles. The summed E-state index contributed by atoms with van der Waals surface area (Å²) in [6, 6.07) is 7.08. The van der Waals surface area contributed by atoms with Crippen molar-refractivity contribution in [2.75, 3.05) is 0 Å². The SMILES string of the molecule is CC(C)(C)NS(=O)(=O)c1ccc(CCC(=O)NC2CC2)cc1. The highest BCUT2D eigenvalue weighted by Gasteiger charge is 2.23. The molecule has 1 fully saturated rings. The van der Waals surface area contributed by atoms with Crippen LogP contribution in [0, 0.1) is 0 Å². The minimum atomic E-state index is -3.50. The number of carbonyl (C=O) groups is 1. The van der Waals surface area contributed by atoms with Gasteiger partial charge in [0.2, 0.25) is 15.9 Å². The van der Waals surface area contributed by atoms with Gasteiger partial charge < -0.3 is 5.32 Å². The summed E-state index contributed by atoms with van der Waals surface area (Å²) < 4.78 is 27.0. The minimum Gasteiger partial charge on any atom is -0.353 e. The standard InChI is InChI=1S/C16H24N2O3S/c1-16(2,3)18-22(20,21)14-9-4-12(5-10-14)6-11-15(19)17-13-7-8-13/h4-5,9-10,13,18H,6-8,11H2,1-3H3,(H,17,19). The molecular formula is C16H24N2O3S. The van der Waals surface area contributed by atoms with E-state index in [0.717, 1.165) is 18.4 Å². The van der Waals surface area contributed by atoms with Gasteiger partial charge in [-0.3, -0.25) is 4.79 Å². The maximum atomic E-state index is 12.2. The van der Waals surface area contributed by atoms with Crippen LogP contribution in [0.3, 0.4) is 0 Å². The lowest BCUT2D eigenvalue weighted by Crippen LogP contribution is -2.40. The number of amides is 1. The van der Waals surface area contributed by atoms with Gasteiger partial charge in [0.15, 0.2) is 0 Å². The Kier molecular flexibility index (Phi) is 4.92. The summed E-state index contributed by atoms with van der Waals surface area (Å²) in [6.07, 6.45) is 3.21. The first-order valence-electron chi connectivity index (χ1n) is 7.58. The second-order valence-corrected chi connectivity index (χ2v) is 8.52. The van der Waals surface area contributed by atoms with Crippen molar-refractivity contribution in [2.24, 2.45) is 0 Å². The molecule has 0 unspecified atom stereocenters. The van der Waals surface area contributed by atoms with Gasteiger partial charge in [0, 0.05) is 18.0 Å². The van der Waals surface area contributed by atoms with E-state index in [1.54, 1.807) is 45.0 Å². The summed E-state index contributed by atoms with van der Waals surface area (Å²) in [5.41, 5.74) is 0.443. The molecule has 0 bridgehead atoms. The Morgan fingerprint density at radius 1 is 1.18 bits per heavy atom. The number of hydrogen-bond acceptors (Lipinski definition) is 3. The van der Waals surface area contributed by atoms with Crippen molar-refractivity contribution >= 4 is 15.9 Å². The fourth-order valence-corrected chi connectivity index (χ4v) is 3.50. The summed E-state index contributed by atoms with van der Waals surface area (Å²) in [4.78, 5) is 11.9. The zero-order valence-corrected chi connectivity index (χ0v) is 14.2. The van der Waals surface area contributed by atoms with Gasteiger partial charge in [-0.15, -0.1) is 0 Å². The number of rotatable bonds is 6. The molecular weight excluding hydrogens is 300 g/mol. The van der Waals surface area contributed by atoms with Gasteiger partial charge in [0.05, 0.1) is 4.90 Å². The van der Waals surface area contributed by atoms with E-state index in [1.165, 1.54) is 0 Å². The van der Waals surface area contributed by atoms with E-state index < -0.39 is 15.6 Å². The van der Waals surface area contributed by atoms with E-state index in [0.29, 0.717) is 18.9 Å². The Balaban J connectivity index is 1.93. The Bertz CT molecular complexity index is 626. The van der Waals surface area contributed by atoms with Crippen LogP contribution in [0.5, 0.6) is 0 Å². The monoisotopic (exact) mass is 324 g/mol. The highest BCUT2D eigenvalue weighted by atomic mass is 32.2. The Labute approximate surface area is 132 Å². The quantitative estimate of drug-likeness (QED) is 0.840. The lowest BCUT2D eigenvalue weighted by molar-refractivity contribution is -0.121. The number of nitrogens with one attached hydrogen (secondary N) is 2. The molecule has 1 aliphatic rings. The van der Waals surface area contributed by atoms with Crippen molar-refractivity contribution in [1.29, 1.82) is 0 Å². The molecule has 22 heavy (non-hydrogen) atoms. The van der Waals surface area contributed by atoms with E-state index in [2.05, 4.69) is 10.0 Å². The Morgan fingerprint density at radius 2 is 1.77 bits per heavy atom. The number of hydrogen-bond donors (Lipinski definition) is 2. The second-order valence-electron chi connectivity index (χ2n) is 6.84. The molecule has 1 saturated carbocycles. The molecule has 5 nitrogen and oxygen atoms in total. The van der Waals surface area contributed by atoms with Crippen LogP contribution in [0.1, 0.15) is 45.6 Å². The maximum Gasteiger partial charge on any atom is 0.241 e. The summed E-state index contributed by atoms with van der Waals surface area (Å²) in [5, 5.41) is 2.94. The summed E-state index contributed by atoms with van der Waals surface area (Å²) in [6.45, 7) is 5.41. The van der Waals surface area contributed by atoms with Crippen LogP contribution in [0.2, 0.25) is 0 Å². The third-order valence-corrected chi connectivity index (χ3v) is 5.03. The third kappa shape index (κ3) is 5.42. The predicted molar refractivity (Wildman–Crippen MR) is 86.0 cm³/mol. The molecule has 0 saturated heterocycles. The molecule has 0 atom stereocenters. The first-order valence-corrected chi connectivity index (χ1v) is 9.06.